The molecule has 2 fully saturated rings. The van der Waals surface area contributed by atoms with Crippen LogP contribution in [0.15, 0.2) is 12.4 Å². The number of fused-ring (bicyclic) bond motifs is 1. The summed E-state index contributed by atoms with van der Waals surface area (Å²) < 4.78 is 0. The highest BCUT2D eigenvalue weighted by Crippen LogP contribution is 2.33. The zero-order valence-corrected chi connectivity index (χ0v) is 11.9. The van der Waals surface area contributed by atoms with Crippen molar-refractivity contribution < 1.29 is 4.79 Å². The smallest absolute Gasteiger partial charge is 0.237 e. The van der Waals surface area contributed by atoms with Crippen molar-refractivity contribution in [1.82, 2.24) is 20.6 Å². The highest BCUT2D eigenvalue weighted by Gasteiger charge is 2.37. The number of hydrogen-bond acceptors (Lipinski definition) is 4. The van der Waals surface area contributed by atoms with Crippen LogP contribution in [0.3, 0.4) is 0 Å². The molecule has 1 amide bonds. The number of carbonyl (C=O) groups excluding carboxylic acids is 1. The van der Waals surface area contributed by atoms with Crippen LogP contribution in [0.1, 0.15) is 43.5 Å². The Bertz CT molecular complexity index is 459. The number of hydrogen-bond donors (Lipinski definition) is 2. The topological polar surface area (TPSA) is 66.9 Å². The molecule has 5 nitrogen and oxygen atoms in total. The summed E-state index contributed by atoms with van der Waals surface area (Å²) in [5.41, 5.74) is 1.70. The molecule has 1 saturated heterocycles. The van der Waals surface area contributed by atoms with Gasteiger partial charge < -0.3 is 10.6 Å². The fourth-order valence-electron chi connectivity index (χ4n) is 3.33. The van der Waals surface area contributed by atoms with Crippen LogP contribution in [0.4, 0.5) is 0 Å². The first-order chi connectivity index (χ1) is 9.72. The molecule has 0 bridgehead atoms. The zero-order chi connectivity index (χ0) is 13.9. The Morgan fingerprint density at radius 1 is 1.35 bits per heavy atom. The predicted octanol–water partition coefficient (Wildman–Crippen LogP) is 1.32. The maximum absolute atomic E-state index is 12.2. The molecule has 20 heavy (non-hydrogen) atoms. The van der Waals surface area contributed by atoms with Crippen molar-refractivity contribution in [2.75, 3.05) is 0 Å². The summed E-state index contributed by atoms with van der Waals surface area (Å²) in [6, 6.07) is 0.528. The van der Waals surface area contributed by atoms with Gasteiger partial charge in [0.25, 0.3) is 0 Å². The van der Waals surface area contributed by atoms with Gasteiger partial charge in [-0.25, -0.2) is 0 Å². The standard InChI is InChI=1S/C15H22N4O/c1-10-7-17-12(8-16-10)9-18-15(20)14-6-11-4-2-3-5-13(11)19-14/h7-8,11,13-14,19H,2-6,9H2,1H3,(H,18,20). The summed E-state index contributed by atoms with van der Waals surface area (Å²) in [5.74, 6) is 0.792. The number of nitrogens with zero attached hydrogens (tertiary/aromatic N) is 2. The second-order valence-corrected chi connectivity index (χ2v) is 5.97. The average molecular weight is 274 g/mol. The van der Waals surface area contributed by atoms with Gasteiger partial charge in [0.1, 0.15) is 0 Å². The second-order valence-electron chi connectivity index (χ2n) is 5.97. The van der Waals surface area contributed by atoms with Gasteiger partial charge in [-0.2, -0.15) is 0 Å². The molecule has 108 valence electrons. The number of carbonyl (C=O) groups is 1. The molecule has 3 unspecified atom stereocenters. The predicted molar refractivity (Wildman–Crippen MR) is 75.9 cm³/mol. The van der Waals surface area contributed by atoms with E-state index < -0.39 is 0 Å². The summed E-state index contributed by atoms with van der Waals surface area (Å²) in [6.45, 7) is 2.36. The lowest BCUT2D eigenvalue weighted by molar-refractivity contribution is -0.123. The van der Waals surface area contributed by atoms with Crippen LogP contribution in [0.2, 0.25) is 0 Å². The molecule has 2 aliphatic rings. The largest absolute Gasteiger partial charge is 0.349 e. The number of rotatable bonds is 3. The minimum atomic E-state index is -0.0264. The minimum absolute atomic E-state index is 0.0264. The van der Waals surface area contributed by atoms with E-state index in [1.807, 2.05) is 6.92 Å². The number of aryl methyl sites for hydroxylation is 1. The molecule has 1 saturated carbocycles. The molecule has 2 heterocycles. The molecular formula is C15H22N4O. The van der Waals surface area contributed by atoms with E-state index in [2.05, 4.69) is 20.6 Å². The van der Waals surface area contributed by atoms with E-state index in [1.54, 1.807) is 12.4 Å². The first-order valence-electron chi connectivity index (χ1n) is 7.53. The van der Waals surface area contributed by atoms with Crippen molar-refractivity contribution >= 4 is 5.91 Å². The van der Waals surface area contributed by atoms with Crippen LogP contribution >= 0.6 is 0 Å². The molecule has 1 aromatic heterocycles. The third-order valence-electron chi connectivity index (χ3n) is 4.46. The van der Waals surface area contributed by atoms with E-state index in [0.29, 0.717) is 18.5 Å². The quantitative estimate of drug-likeness (QED) is 0.872. The molecule has 0 spiro atoms. The summed E-state index contributed by atoms with van der Waals surface area (Å²) in [6.07, 6.45) is 9.53. The van der Waals surface area contributed by atoms with Gasteiger partial charge >= 0.3 is 0 Å². The number of aromatic nitrogens is 2. The van der Waals surface area contributed by atoms with Crippen LogP contribution in [0.25, 0.3) is 0 Å². The highest BCUT2D eigenvalue weighted by atomic mass is 16.2. The summed E-state index contributed by atoms with van der Waals surface area (Å²) in [4.78, 5) is 20.6. The van der Waals surface area contributed by atoms with Crippen molar-refractivity contribution in [2.45, 2.75) is 57.7 Å². The van der Waals surface area contributed by atoms with E-state index in [-0.39, 0.29) is 11.9 Å². The van der Waals surface area contributed by atoms with E-state index in [9.17, 15) is 4.79 Å². The monoisotopic (exact) mass is 274 g/mol. The second kappa shape index (κ2) is 5.87. The van der Waals surface area contributed by atoms with E-state index in [1.165, 1.54) is 25.7 Å². The van der Waals surface area contributed by atoms with E-state index in [0.717, 1.165) is 17.8 Å². The normalized spacial score (nSPS) is 28.9. The van der Waals surface area contributed by atoms with Crippen molar-refractivity contribution in [3.63, 3.8) is 0 Å². The minimum Gasteiger partial charge on any atom is -0.349 e. The van der Waals surface area contributed by atoms with Gasteiger partial charge in [-0.05, 0) is 32.1 Å². The van der Waals surface area contributed by atoms with Crippen LogP contribution in [0, 0.1) is 12.8 Å². The molecule has 5 heteroatoms. The van der Waals surface area contributed by atoms with Crippen molar-refractivity contribution in [2.24, 2.45) is 5.92 Å². The van der Waals surface area contributed by atoms with Crippen molar-refractivity contribution in [1.29, 1.82) is 0 Å². The SMILES string of the molecule is Cc1cnc(CNC(=O)C2CC3CCCCC3N2)cn1. The van der Waals surface area contributed by atoms with Crippen molar-refractivity contribution in [3.05, 3.63) is 23.8 Å². The molecule has 1 aliphatic carbocycles. The van der Waals surface area contributed by atoms with E-state index in [4.69, 9.17) is 0 Å². The van der Waals surface area contributed by atoms with Crippen LogP contribution in [0.5, 0.6) is 0 Å². The van der Waals surface area contributed by atoms with Gasteiger partial charge in [0.05, 0.1) is 30.2 Å². The van der Waals surface area contributed by atoms with Gasteiger partial charge in [0.2, 0.25) is 5.91 Å². The lowest BCUT2D eigenvalue weighted by atomic mass is 9.85. The summed E-state index contributed by atoms with van der Waals surface area (Å²) in [5, 5.41) is 6.46. The summed E-state index contributed by atoms with van der Waals surface area (Å²) >= 11 is 0. The third-order valence-corrected chi connectivity index (χ3v) is 4.46. The van der Waals surface area contributed by atoms with Gasteiger partial charge in [0.15, 0.2) is 0 Å². The number of nitrogens with one attached hydrogen (secondary N) is 2. The lowest BCUT2D eigenvalue weighted by Crippen LogP contribution is -2.43. The first kappa shape index (κ1) is 13.5. The Labute approximate surface area is 119 Å². The van der Waals surface area contributed by atoms with Gasteiger partial charge in [-0.3, -0.25) is 14.8 Å². The fraction of sp³-hybridized carbons (Fsp3) is 0.667. The number of amides is 1. The molecule has 0 radical (unpaired) electrons. The zero-order valence-electron chi connectivity index (χ0n) is 11.9. The molecule has 1 aliphatic heterocycles. The third kappa shape index (κ3) is 2.98. The van der Waals surface area contributed by atoms with Gasteiger partial charge in [0, 0.05) is 12.2 Å². The maximum Gasteiger partial charge on any atom is 0.237 e. The Morgan fingerprint density at radius 3 is 2.95 bits per heavy atom. The molecule has 1 aromatic rings. The molecule has 0 aromatic carbocycles. The van der Waals surface area contributed by atoms with Crippen molar-refractivity contribution in [3.8, 4) is 0 Å². The van der Waals surface area contributed by atoms with Crippen LogP contribution in [-0.2, 0) is 11.3 Å². The maximum atomic E-state index is 12.2. The summed E-state index contributed by atoms with van der Waals surface area (Å²) in [7, 11) is 0. The van der Waals surface area contributed by atoms with Gasteiger partial charge in [-0.1, -0.05) is 12.8 Å². The van der Waals surface area contributed by atoms with Crippen LogP contribution in [-0.4, -0.2) is 28.0 Å². The first-order valence-corrected chi connectivity index (χ1v) is 7.53. The Morgan fingerprint density at radius 2 is 2.20 bits per heavy atom. The average Bonchev–Trinajstić information content (AvgIpc) is 2.90. The Kier molecular flexibility index (Phi) is 3.96. The lowest BCUT2D eigenvalue weighted by Gasteiger charge is -2.24. The molecule has 3 atom stereocenters. The highest BCUT2D eigenvalue weighted by molar-refractivity contribution is 5.82. The van der Waals surface area contributed by atoms with E-state index >= 15 is 0 Å². The molecular weight excluding hydrogens is 252 g/mol. The Balaban J connectivity index is 1.51. The Hall–Kier alpha value is -1.49. The molecule has 3 rings (SSSR count). The molecule has 2 N–H and O–H groups in total. The fourth-order valence-corrected chi connectivity index (χ4v) is 3.33. The van der Waals surface area contributed by atoms with Gasteiger partial charge in [-0.15, -0.1) is 0 Å². The van der Waals surface area contributed by atoms with Crippen LogP contribution < -0.4 is 10.6 Å².